The van der Waals surface area contributed by atoms with Crippen molar-refractivity contribution in [1.29, 1.82) is 0 Å². The van der Waals surface area contributed by atoms with E-state index in [1.54, 1.807) is 6.20 Å². The quantitative estimate of drug-likeness (QED) is 0.775. The number of nitrogens with two attached hydrogens (primary N) is 1. The van der Waals surface area contributed by atoms with Gasteiger partial charge < -0.3 is 20.1 Å². The van der Waals surface area contributed by atoms with E-state index in [1.165, 1.54) is 11.1 Å². The van der Waals surface area contributed by atoms with Crippen molar-refractivity contribution >= 4 is 5.91 Å². The number of fused-ring (bicyclic) bond motifs is 5. The first kappa shape index (κ1) is 16.8. The summed E-state index contributed by atoms with van der Waals surface area (Å²) in [5.41, 5.74) is 8.59. The number of hydrogen-bond acceptors (Lipinski definition) is 5. The Labute approximate surface area is 148 Å². The van der Waals surface area contributed by atoms with Crippen LogP contribution in [0.4, 0.5) is 0 Å². The molecule has 1 saturated heterocycles. The Kier molecular flexibility index (Phi) is 4.65. The summed E-state index contributed by atoms with van der Waals surface area (Å²) in [5.74, 6) is 1.03. The van der Waals surface area contributed by atoms with E-state index >= 15 is 0 Å². The summed E-state index contributed by atoms with van der Waals surface area (Å²) in [6.07, 6.45) is 7.07. The number of nitrogens with zero attached hydrogens (tertiary/aromatic N) is 2. The molecule has 1 aromatic rings. The Morgan fingerprint density at radius 2 is 2.04 bits per heavy atom. The molecule has 136 valence electrons. The third-order valence-corrected chi connectivity index (χ3v) is 6.01. The number of hydrogen-bond donors (Lipinski definition) is 1. The number of amides is 1. The summed E-state index contributed by atoms with van der Waals surface area (Å²) in [7, 11) is 0. The molecule has 1 aliphatic carbocycles. The molecule has 2 atom stereocenters. The highest BCUT2D eigenvalue weighted by Crippen LogP contribution is 2.39. The van der Waals surface area contributed by atoms with Crippen LogP contribution in [0, 0.1) is 6.92 Å². The van der Waals surface area contributed by atoms with Crippen molar-refractivity contribution in [3.63, 3.8) is 0 Å². The molecule has 1 saturated carbocycles. The Morgan fingerprint density at radius 3 is 2.84 bits per heavy atom. The zero-order valence-electron chi connectivity index (χ0n) is 14.8. The Hall–Kier alpha value is -1.66. The number of carbonyl (C=O) groups excluding carboxylic acids is 1. The monoisotopic (exact) mass is 345 g/mol. The second-order valence-corrected chi connectivity index (χ2v) is 7.55. The van der Waals surface area contributed by atoms with Crippen LogP contribution >= 0.6 is 0 Å². The van der Waals surface area contributed by atoms with E-state index in [0.717, 1.165) is 32.1 Å². The molecule has 0 radical (unpaired) electrons. The highest BCUT2D eigenvalue weighted by atomic mass is 16.5. The first-order valence-electron chi connectivity index (χ1n) is 9.38. The van der Waals surface area contributed by atoms with Gasteiger partial charge in [-0.2, -0.15) is 0 Å². The lowest BCUT2D eigenvalue weighted by molar-refractivity contribution is -0.136. The van der Waals surface area contributed by atoms with Crippen LogP contribution in [-0.2, 0) is 9.53 Å². The summed E-state index contributed by atoms with van der Waals surface area (Å²) < 4.78 is 12.1. The SMILES string of the molecule is Cc1ccnc2c1C1CCC(CC1)OC[C@H]1[C@@H](N)CCN1C(=O)CO2. The van der Waals surface area contributed by atoms with E-state index in [9.17, 15) is 4.79 Å². The normalized spacial score (nSPS) is 32.9. The molecule has 4 aliphatic rings. The first-order valence-corrected chi connectivity index (χ1v) is 9.38. The highest BCUT2D eigenvalue weighted by Gasteiger charge is 2.37. The molecule has 4 heterocycles. The Morgan fingerprint density at radius 1 is 1.24 bits per heavy atom. The molecule has 1 amide bonds. The van der Waals surface area contributed by atoms with Crippen molar-refractivity contribution in [3.05, 3.63) is 23.4 Å². The molecular formula is C19H27N3O3. The van der Waals surface area contributed by atoms with E-state index in [-0.39, 0.29) is 30.7 Å². The molecule has 0 aromatic carbocycles. The van der Waals surface area contributed by atoms with Gasteiger partial charge in [-0.15, -0.1) is 0 Å². The van der Waals surface area contributed by atoms with E-state index in [1.807, 2.05) is 11.0 Å². The Bertz CT molecular complexity index is 643. The number of aromatic nitrogens is 1. The lowest BCUT2D eigenvalue weighted by Gasteiger charge is -2.31. The molecule has 1 aromatic heterocycles. The van der Waals surface area contributed by atoms with Crippen LogP contribution in [0.25, 0.3) is 0 Å². The minimum absolute atomic E-state index is 0.0157. The van der Waals surface area contributed by atoms with Gasteiger partial charge in [0, 0.05) is 24.3 Å². The third-order valence-electron chi connectivity index (χ3n) is 6.01. The molecule has 2 N–H and O–H groups in total. The molecule has 2 fully saturated rings. The van der Waals surface area contributed by atoms with Crippen molar-refractivity contribution in [2.24, 2.45) is 5.73 Å². The number of ether oxygens (including phenoxy) is 2. The summed E-state index contributed by atoms with van der Waals surface area (Å²) in [6.45, 7) is 3.33. The van der Waals surface area contributed by atoms with Crippen LogP contribution in [-0.4, -0.2) is 53.7 Å². The van der Waals surface area contributed by atoms with E-state index in [2.05, 4.69) is 11.9 Å². The van der Waals surface area contributed by atoms with Crippen molar-refractivity contribution < 1.29 is 14.3 Å². The predicted molar refractivity (Wildman–Crippen MR) is 93.5 cm³/mol. The topological polar surface area (TPSA) is 77.7 Å². The molecule has 6 heteroatoms. The molecule has 2 bridgehead atoms. The van der Waals surface area contributed by atoms with Crippen molar-refractivity contribution in [1.82, 2.24) is 9.88 Å². The van der Waals surface area contributed by atoms with Crippen LogP contribution in [0.1, 0.15) is 49.1 Å². The van der Waals surface area contributed by atoms with Gasteiger partial charge in [-0.1, -0.05) is 0 Å². The maximum atomic E-state index is 12.7. The molecule has 25 heavy (non-hydrogen) atoms. The molecular weight excluding hydrogens is 318 g/mol. The first-order chi connectivity index (χ1) is 12.1. The van der Waals surface area contributed by atoms with Crippen LogP contribution in [0.5, 0.6) is 5.88 Å². The van der Waals surface area contributed by atoms with Gasteiger partial charge in [0.05, 0.1) is 18.8 Å². The number of carbonyl (C=O) groups is 1. The standard InChI is InChI=1S/C19H27N3O3/c1-12-6-8-21-19-18(12)13-2-4-14(5-3-13)24-10-16-15(20)7-9-22(16)17(23)11-25-19/h6,8,13-16H,2-5,7,9-11,20H2,1H3/t13?,14?,15-,16-/m0/s1. The van der Waals surface area contributed by atoms with Crippen molar-refractivity contribution in [3.8, 4) is 5.88 Å². The predicted octanol–water partition coefficient (Wildman–Crippen LogP) is 1.75. The fourth-order valence-electron chi connectivity index (χ4n) is 4.52. The Balaban J connectivity index is 1.64. The van der Waals surface area contributed by atoms with E-state index in [4.69, 9.17) is 15.2 Å². The molecule has 0 spiro atoms. The molecule has 6 nitrogen and oxygen atoms in total. The lowest BCUT2D eigenvalue weighted by atomic mass is 9.81. The second-order valence-electron chi connectivity index (χ2n) is 7.55. The van der Waals surface area contributed by atoms with Crippen LogP contribution in [0.2, 0.25) is 0 Å². The maximum Gasteiger partial charge on any atom is 0.260 e. The average molecular weight is 345 g/mol. The minimum atomic E-state index is -0.0421. The van der Waals surface area contributed by atoms with Crippen molar-refractivity contribution in [2.45, 2.75) is 63.1 Å². The zero-order chi connectivity index (χ0) is 17.4. The minimum Gasteiger partial charge on any atom is -0.467 e. The van der Waals surface area contributed by atoms with Gasteiger partial charge in [-0.25, -0.2) is 4.98 Å². The van der Waals surface area contributed by atoms with Gasteiger partial charge in [-0.3, -0.25) is 4.79 Å². The van der Waals surface area contributed by atoms with Crippen molar-refractivity contribution in [2.75, 3.05) is 19.8 Å². The fourth-order valence-corrected chi connectivity index (χ4v) is 4.52. The number of rotatable bonds is 0. The summed E-state index contributed by atoms with van der Waals surface area (Å²) in [6, 6.07) is 1.97. The van der Waals surface area contributed by atoms with Crippen LogP contribution < -0.4 is 10.5 Å². The van der Waals surface area contributed by atoms with Gasteiger partial charge in [0.15, 0.2) is 6.61 Å². The highest BCUT2D eigenvalue weighted by molar-refractivity contribution is 5.78. The van der Waals surface area contributed by atoms with Crippen LogP contribution in [0.15, 0.2) is 12.3 Å². The summed E-state index contributed by atoms with van der Waals surface area (Å²) >= 11 is 0. The molecule has 3 aliphatic heterocycles. The number of pyridine rings is 1. The fraction of sp³-hybridized carbons (Fsp3) is 0.684. The largest absolute Gasteiger partial charge is 0.467 e. The van der Waals surface area contributed by atoms with Crippen LogP contribution in [0.3, 0.4) is 0 Å². The van der Waals surface area contributed by atoms with Gasteiger partial charge in [0.1, 0.15) is 0 Å². The van der Waals surface area contributed by atoms with Gasteiger partial charge >= 0.3 is 0 Å². The smallest absolute Gasteiger partial charge is 0.260 e. The maximum absolute atomic E-state index is 12.7. The van der Waals surface area contributed by atoms with Gasteiger partial charge in [-0.05, 0) is 56.6 Å². The average Bonchev–Trinajstić information content (AvgIpc) is 2.99. The number of aryl methyl sites for hydroxylation is 1. The van der Waals surface area contributed by atoms with E-state index < -0.39 is 0 Å². The van der Waals surface area contributed by atoms with Gasteiger partial charge in [0.25, 0.3) is 5.91 Å². The summed E-state index contributed by atoms with van der Waals surface area (Å²) in [4.78, 5) is 18.9. The molecule has 5 rings (SSSR count). The molecule has 0 unspecified atom stereocenters. The second kappa shape index (κ2) is 6.92. The third kappa shape index (κ3) is 3.25. The van der Waals surface area contributed by atoms with Gasteiger partial charge in [0.2, 0.25) is 5.88 Å². The van der Waals surface area contributed by atoms with E-state index in [0.29, 0.717) is 24.9 Å². The lowest BCUT2D eigenvalue weighted by Crippen LogP contribution is -2.47. The summed E-state index contributed by atoms with van der Waals surface area (Å²) in [5, 5.41) is 0. The zero-order valence-corrected chi connectivity index (χ0v) is 14.8.